The molecule has 40 heavy (non-hydrogen) atoms. The van der Waals surface area contributed by atoms with E-state index in [1.165, 1.54) is 11.1 Å². The average molecular weight is 541 g/mol. The van der Waals surface area contributed by atoms with Crippen molar-refractivity contribution < 1.29 is 9.59 Å². The van der Waals surface area contributed by atoms with Gasteiger partial charge in [-0.3, -0.25) is 14.3 Å². The minimum Gasteiger partial charge on any atom is -0.350 e. The summed E-state index contributed by atoms with van der Waals surface area (Å²) in [6, 6.07) is 13.6. The maximum Gasteiger partial charge on any atom is 0.243 e. The average Bonchev–Trinajstić information content (AvgIpc) is 3.75. The highest BCUT2D eigenvalue weighted by molar-refractivity contribution is 5.90. The molecule has 4 atom stereocenters. The summed E-state index contributed by atoms with van der Waals surface area (Å²) in [5.74, 6) is 0.352. The Morgan fingerprint density at radius 3 is 2.65 bits per heavy atom. The number of likely N-dealkylation sites (tertiary alicyclic amines) is 1. The van der Waals surface area contributed by atoms with Crippen LogP contribution in [-0.2, 0) is 36.6 Å². The van der Waals surface area contributed by atoms with Gasteiger partial charge in [-0.1, -0.05) is 41.1 Å². The second-order valence-corrected chi connectivity index (χ2v) is 11.4. The predicted molar refractivity (Wildman–Crippen MR) is 151 cm³/mol. The van der Waals surface area contributed by atoms with Gasteiger partial charge < -0.3 is 15.5 Å². The number of carbonyl (C=O) groups excluding carboxylic acids is 2. The van der Waals surface area contributed by atoms with Crippen LogP contribution in [0.25, 0.3) is 11.0 Å². The van der Waals surface area contributed by atoms with E-state index in [0.29, 0.717) is 25.9 Å². The number of hydrogen-bond acceptors (Lipinski definition) is 6. The maximum atomic E-state index is 13.9. The van der Waals surface area contributed by atoms with E-state index in [9.17, 15) is 9.59 Å². The smallest absolute Gasteiger partial charge is 0.243 e. The molecule has 10 nitrogen and oxygen atoms in total. The predicted octanol–water partition coefficient (Wildman–Crippen LogP) is 2.23. The largest absolute Gasteiger partial charge is 0.350 e. The Labute approximate surface area is 233 Å². The van der Waals surface area contributed by atoms with E-state index in [1.807, 2.05) is 49.6 Å². The normalized spacial score (nSPS) is 22.7. The molecule has 0 aliphatic carbocycles. The molecule has 2 aromatic carbocycles. The third kappa shape index (κ3) is 5.36. The van der Waals surface area contributed by atoms with Gasteiger partial charge in [-0.2, -0.15) is 5.10 Å². The van der Waals surface area contributed by atoms with E-state index in [2.05, 4.69) is 57.2 Å². The number of nitrogens with zero attached hydrogens (tertiary/aromatic N) is 6. The molecule has 2 aromatic heterocycles. The zero-order chi connectivity index (χ0) is 27.8. The van der Waals surface area contributed by atoms with Gasteiger partial charge >= 0.3 is 0 Å². The van der Waals surface area contributed by atoms with E-state index >= 15 is 0 Å². The van der Waals surface area contributed by atoms with E-state index in [-0.39, 0.29) is 29.7 Å². The number of rotatable bonds is 7. The minimum absolute atomic E-state index is 0.0129. The monoisotopic (exact) mass is 540 g/mol. The second kappa shape index (κ2) is 10.8. The van der Waals surface area contributed by atoms with Crippen LogP contribution >= 0.6 is 0 Å². The second-order valence-electron chi connectivity index (χ2n) is 11.4. The molecule has 0 saturated carbocycles. The fourth-order valence-corrected chi connectivity index (χ4v) is 6.15. The first-order valence-electron chi connectivity index (χ1n) is 14.0. The molecule has 2 amide bonds. The standard InChI is InChI=1S/C30H36N8O2/c1-19-4-6-20(7-5-19)10-22-12-28(29(39)32-14-21-8-9-27-25(11-21)34-35-37(27)3)38(17-22)30(40)26-13-23(15-31-26)24-16-33-36(2)18-24/h4-9,11,16,18,22-23,26,28,31H,10,12-15,17H2,1-3H3,(H,32,39)/t22-,23-,26?,28+/m1/s1. The lowest BCUT2D eigenvalue weighted by Gasteiger charge is -2.27. The number of hydrogen-bond donors (Lipinski definition) is 2. The first-order chi connectivity index (χ1) is 19.3. The fourth-order valence-electron chi connectivity index (χ4n) is 6.15. The summed E-state index contributed by atoms with van der Waals surface area (Å²) >= 11 is 0. The molecule has 1 unspecified atom stereocenters. The molecule has 4 heterocycles. The fraction of sp³-hybridized carbons (Fsp3) is 0.433. The van der Waals surface area contributed by atoms with Crippen LogP contribution in [0.2, 0.25) is 0 Å². The molecule has 0 spiro atoms. The topological polar surface area (TPSA) is 110 Å². The van der Waals surface area contributed by atoms with E-state index < -0.39 is 6.04 Å². The van der Waals surface area contributed by atoms with Crippen LogP contribution < -0.4 is 10.6 Å². The van der Waals surface area contributed by atoms with Gasteiger partial charge in [0.2, 0.25) is 11.8 Å². The summed E-state index contributed by atoms with van der Waals surface area (Å²) in [7, 11) is 3.76. The third-order valence-electron chi connectivity index (χ3n) is 8.39. The lowest BCUT2D eigenvalue weighted by Crippen LogP contribution is -2.51. The molecule has 4 aromatic rings. The van der Waals surface area contributed by atoms with Gasteiger partial charge in [0, 0.05) is 45.8 Å². The van der Waals surface area contributed by atoms with Crippen molar-refractivity contribution in [3.05, 3.63) is 77.1 Å². The number of amides is 2. The maximum absolute atomic E-state index is 13.9. The molecule has 0 radical (unpaired) electrons. The number of benzene rings is 2. The van der Waals surface area contributed by atoms with Crippen molar-refractivity contribution in [1.82, 2.24) is 40.3 Å². The van der Waals surface area contributed by atoms with Crippen LogP contribution in [0.15, 0.2) is 54.9 Å². The number of nitrogens with one attached hydrogen (secondary N) is 2. The summed E-state index contributed by atoms with van der Waals surface area (Å²) < 4.78 is 3.52. The van der Waals surface area contributed by atoms with E-state index in [1.54, 1.807) is 9.36 Å². The van der Waals surface area contributed by atoms with Crippen LogP contribution in [-0.4, -0.2) is 66.7 Å². The van der Waals surface area contributed by atoms with Gasteiger partial charge in [-0.05, 0) is 60.9 Å². The molecule has 6 rings (SSSR count). The highest BCUT2D eigenvalue weighted by atomic mass is 16.2. The molecule has 2 aliphatic heterocycles. The van der Waals surface area contributed by atoms with Crippen molar-refractivity contribution in [1.29, 1.82) is 0 Å². The lowest BCUT2D eigenvalue weighted by atomic mass is 9.96. The molecular weight excluding hydrogens is 504 g/mol. The molecular formula is C30H36N8O2. The Bertz CT molecular complexity index is 1520. The zero-order valence-corrected chi connectivity index (χ0v) is 23.2. The third-order valence-corrected chi connectivity index (χ3v) is 8.39. The van der Waals surface area contributed by atoms with Crippen LogP contribution in [0.3, 0.4) is 0 Å². The zero-order valence-electron chi connectivity index (χ0n) is 23.2. The Kier molecular flexibility index (Phi) is 7.10. The van der Waals surface area contributed by atoms with Crippen molar-refractivity contribution in [2.45, 2.75) is 50.7 Å². The van der Waals surface area contributed by atoms with Crippen molar-refractivity contribution in [2.75, 3.05) is 13.1 Å². The van der Waals surface area contributed by atoms with Gasteiger partial charge in [0.1, 0.15) is 11.6 Å². The van der Waals surface area contributed by atoms with Gasteiger partial charge in [-0.15, -0.1) is 5.10 Å². The summed E-state index contributed by atoms with van der Waals surface area (Å²) in [4.78, 5) is 29.3. The first-order valence-corrected chi connectivity index (χ1v) is 14.0. The van der Waals surface area contributed by atoms with Gasteiger partial charge in [-0.25, -0.2) is 4.68 Å². The van der Waals surface area contributed by atoms with E-state index in [4.69, 9.17) is 0 Å². The number of aromatic nitrogens is 5. The molecule has 2 fully saturated rings. The number of fused-ring (bicyclic) bond motifs is 1. The van der Waals surface area contributed by atoms with Gasteiger partial charge in [0.25, 0.3) is 0 Å². The van der Waals surface area contributed by atoms with Crippen molar-refractivity contribution >= 4 is 22.8 Å². The van der Waals surface area contributed by atoms with Gasteiger partial charge in [0.15, 0.2) is 0 Å². The highest BCUT2D eigenvalue weighted by Crippen LogP contribution is 2.31. The first kappa shape index (κ1) is 26.2. The van der Waals surface area contributed by atoms with Crippen LogP contribution in [0.4, 0.5) is 0 Å². The van der Waals surface area contributed by atoms with Gasteiger partial charge in [0.05, 0.1) is 17.8 Å². The lowest BCUT2D eigenvalue weighted by molar-refractivity contribution is -0.139. The Hall–Kier alpha value is -4.05. The highest BCUT2D eigenvalue weighted by Gasteiger charge is 2.43. The van der Waals surface area contributed by atoms with Crippen LogP contribution in [0.5, 0.6) is 0 Å². The summed E-state index contributed by atoms with van der Waals surface area (Å²) in [5, 5.41) is 19.1. The molecule has 0 bridgehead atoms. The quantitative estimate of drug-likeness (QED) is 0.372. The van der Waals surface area contributed by atoms with Crippen LogP contribution in [0, 0.1) is 12.8 Å². The summed E-state index contributed by atoms with van der Waals surface area (Å²) in [6.45, 7) is 3.75. The molecule has 2 aliphatic rings. The number of aryl methyl sites for hydroxylation is 3. The van der Waals surface area contributed by atoms with Crippen molar-refractivity contribution in [3.63, 3.8) is 0 Å². The van der Waals surface area contributed by atoms with Crippen LogP contribution in [0.1, 0.15) is 41.0 Å². The molecule has 208 valence electrons. The van der Waals surface area contributed by atoms with Crippen molar-refractivity contribution in [3.8, 4) is 0 Å². The number of carbonyl (C=O) groups is 2. The Morgan fingerprint density at radius 1 is 1.07 bits per heavy atom. The summed E-state index contributed by atoms with van der Waals surface area (Å²) in [5.41, 5.74) is 6.27. The molecule has 2 saturated heterocycles. The summed E-state index contributed by atoms with van der Waals surface area (Å²) in [6.07, 6.45) is 6.08. The molecule has 10 heteroatoms. The van der Waals surface area contributed by atoms with Crippen molar-refractivity contribution in [2.24, 2.45) is 20.0 Å². The Balaban J connectivity index is 1.16. The Morgan fingerprint density at radius 2 is 1.88 bits per heavy atom. The molecule has 2 N–H and O–H groups in total. The van der Waals surface area contributed by atoms with E-state index in [0.717, 1.165) is 35.1 Å². The SMILES string of the molecule is Cc1ccc(C[C@@H]2C[C@@H](C(=O)NCc3ccc4c(c3)nnn4C)N(C(=O)C3C[C@@H](c4cnn(C)c4)CN3)C2)cc1. The minimum atomic E-state index is -0.498.